The van der Waals surface area contributed by atoms with Gasteiger partial charge in [0.25, 0.3) is 0 Å². The van der Waals surface area contributed by atoms with Gasteiger partial charge in [0.2, 0.25) is 0 Å². The van der Waals surface area contributed by atoms with Gasteiger partial charge in [-0.3, -0.25) is 4.79 Å². The molecule has 1 saturated heterocycles. The molecule has 0 amide bonds. The zero-order chi connectivity index (χ0) is 13.8. The van der Waals surface area contributed by atoms with Gasteiger partial charge >= 0.3 is 0 Å². The normalized spacial score (nSPS) is 19.0. The molecule has 4 nitrogen and oxygen atoms in total. The van der Waals surface area contributed by atoms with E-state index < -0.39 is 0 Å². The minimum atomic E-state index is -0.314. The number of aryl methyl sites for hydroxylation is 1. The molecule has 1 aromatic rings. The molecule has 0 aliphatic carbocycles. The summed E-state index contributed by atoms with van der Waals surface area (Å²) in [6, 6.07) is 3.57. The molecule has 1 unspecified atom stereocenters. The Balaban J connectivity index is 2.30. The first-order valence-electron chi connectivity index (χ1n) is 6.55. The molecule has 1 atom stereocenters. The second-order valence-corrected chi connectivity index (χ2v) is 4.74. The van der Waals surface area contributed by atoms with Gasteiger partial charge < -0.3 is 14.2 Å². The number of Topliss-reactive ketones (excluding diaryl/α,β-unsaturated/α-hetero) is 1. The summed E-state index contributed by atoms with van der Waals surface area (Å²) in [5, 5.41) is 0. The summed E-state index contributed by atoms with van der Waals surface area (Å²) in [6.45, 7) is 2.57. The van der Waals surface area contributed by atoms with Crippen LogP contribution in [-0.2, 0) is 4.74 Å². The van der Waals surface area contributed by atoms with Gasteiger partial charge in [-0.25, -0.2) is 0 Å². The van der Waals surface area contributed by atoms with Crippen LogP contribution in [0.3, 0.4) is 0 Å². The summed E-state index contributed by atoms with van der Waals surface area (Å²) in [7, 11) is 3.15. The van der Waals surface area contributed by atoms with Crippen LogP contribution in [0, 0.1) is 6.92 Å². The monoisotopic (exact) mass is 264 g/mol. The van der Waals surface area contributed by atoms with E-state index in [2.05, 4.69) is 0 Å². The number of methoxy groups -OCH3 is 2. The number of ether oxygens (including phenoxy) is 3. The molecule has 104 valence electrons. The molecule has 0 saturated carbocycles. The van der Waals surface area contributed by atoms with Crippen LogP contribution < -0.4 is 9.47 Å². The van der Waals surface area contributed by atoms with Crippen LogP contribution in [0.25, 0.3) is 0 Å². The Morgan fingerprint density at radius 2 is 1.89 bits per heavy atom. The smallest absolute Gasteiger partial charge is 0.191 e. The Morgan fingerprint density at radius 1 is 1.21 bits per heavy atom. The van der Waals surface area contributed by atoms with Crippen molar-refractivity contribution >= 4 is 5.78 Å². The SMILES string of the molecule is COc1cc(C)c(C(=O)C2CCCCO2)cc1OC. The van der Waals surface area contributed by atoms with Crippen LogP contribution in [0.4, 0.5) is 0 Å². The zero-order valence-corrected chi connectivity index (χ0v) is 11.7. The van der Waals surface area contributed by atoms with Crippen LogP contribution in [-0.4, -0.2) is 32.7 Å². The van der Waals surface area contributed by atoms with Crippen LogP contribution in [0.2, 0.25) is 0 Å². The third kappa shape index (κ3) is 2.89. The van der Waals surface area contributed by atoms with E-state index in [1.54, 1.807) is 20.3 Å². The van der Waals surface area contributed by atoms with Crippen LogP contribution in [0.1, 0.15) is 35.2 Å². The third-order valence-corrected chi connectivity index (χ3v) is 3.47. The van der Waals surface area contributed by atoms with Gasteiger partial charge in [0.15, 0.2) is 17.3 Å². The predicted octanol–water partition coefficient (Wildman–Crippen LogP) is 2.76. The lowest BCUT2D eigenvalue weighted by molar-refractivity contribution is 0.0186. The second-order valence-electron chi connectivity index (χ2n) is 4.74. The number of carbonyl (C=O) groups excluding carboxylic acids is 1. The lowest BCUT2D eigenvalue weighted by Crippen LogP contribution is -2.28. The Bertz CT molecular complexity index is 461. The van der Waals surface area contributed by atoms with Gasteiger partial charge in [-0.2, -0.15) is 0 Å². The average molecular weight is 264 g/mol. The van der Waals surface area contributed by atoms with Gasteiger partial charge in [0, 0.05) is 12.2 Å². The van der Waals surface area contributed by atoms with Crippen molar-refractivity contribution in [2.24, 2.45) is 0 Å². The van der Waals surface area contributed by atoms with Crippen molar-refractivity contribution in [2.75, 3.05) is 20.8 Å². The molecule has 0 bridgehead atoms. The first kappa shape index (κ1) is 13.9. The highest BCUT2D eigenvalue weighted by Gasteiger charge is 2.25. The maximum Gasteiger partial charge on any atom is 0.191 e. The van der Waals surface area contributed by atoms with Crippen LogP contribution >= 0.6 is 0 Å². The molecule has 1 aliphatic heterocycles. The van der Waals surface area contributed by atoms with Crippen molar-refractivity contribution in [1.82, 2.24) is 0 Å². The van der Waals surface area contributed by atoms with E-state index in [4.69, 9.17) is 14.2 Å². The summed E-state index contributed by atoms with van der Waals surface area (Å²) in [5.74, 6) is 1.26. The first-order chi connectivity index (χ1) is 9.17. The van der Waals surface area contributed by atoms with Crippen LogP contribution in [0.15, 0.2) is 12.1 Å². The number of benzene rings is 1. The molecule has 0 radical (unpaired) electrons. The largest absolute Gasteiger partial charge is 0.493 e. The van der Waals surface area contributed by atoms with E-state index in [0.717, 1.165) is 24.8 Å². The molecule has 2 rings (SSSR count). The highest BCUT2D eigenvalue weighted by molar-refractivity contribution is 6.01. The quantitative estimate of drug-likeness (QED) is 0.784. The van der Waals surface area contributed by atoms with E-state index in [1.807, 2.05) is 13.0 Å². The predicted molar refractivity (Wildman–Crippen MR) is 72.2 cm³/mol. The van der Waals surface area contributed by atoms with Gasteiger partial charge in [0.1, 0.15) is 6.10 Å². The fourth-order valence-electron chi connectivity index (χ4n) is 2.37. The summed E-state index contributed by atoms with van der Waals surface area (Å²) >= 11 is 0. The van der Waals surface area contributed by atoms with Crippen molar-refractivity contribution in [3.63, 3.8) is 0 Å². The van der Waals surface area contributed by atoms with Gasteiger partial charge in [-0.1, -0.05) is 0 Å². The number of rotatable bonds is 4. The summed E-state index contributed by atoms with van der Waals surface area (Å²) < 4.78 is 16.0. The molecular formula is C15H20O4. The third-order valence-electron chi connectivity index (χ3n) is 3.47. The van der Waals surface area contributed by atoms with E-state index >= 15 is 0 Å². The fourth-order valence-corrected chi connectivity index (χ4v) is 2.37. The second kappa shape index (κ2) is 6.06. The van der Waals surface area contributed by atoms with Crippen molar-refractivity contribution in [2.45, 2.75) is 32.3 Å². The van der Waals surface area contributed by atoms with Gasteiger partial charge in [-0.15, -0.1) is 0 Å². The summed E-state index contributed by atoms with van der Waals surface area (Å²) in [5.41, 5.74) is 1.54. The number of carbonyl (C=O) groups is 1. The molecule has 0 N–H and O–H groups in total. The summed E-state index contributed by atoms with van der Waals surface area (Å²) in [6.07, 6.45) is 2.56. The fraction of sp³-hybridized carbons (Fsp3) is 0.533. The van der Waals surface area contributed by atoms with E-state index in [9.17, 15) is 4.79 Å². The highest BCUT2D eigenvalue weighted by Crippen LogP contribution is 2.31. The highest BCUT2D eigenvalue weighted by atomic mass is 16.5. The number of ketones is 1. The molecule has 1 fully saturated rings. The molecule has 0 aromatic heterocycles. The summed E-state index contributed by atoms with van der Waals surface area (Å²) in [4.78, 5) is 12.5. The van der Waals surface area contributed by atoms with Crippen molar-refractivity contribution in [1.29, 1.82) is 0 Å². The standard InChI is InChI=1S/C15H20O4/c1-10-8-13(17-2)14(18-3)9-11(10)15(16)12-6-4-5-7-19-12/h8-9,12H,4-7H2,1-3H3. The Hall–Kier alpha value is -1.55. The molecule has 0 spiro atoms. The molecule has 1 aliphatic rings. The first-order valence-corrected chi connectivity index (χ1v) is 6.55. The topological polar surface area (TPSA) is 44.8 Å². The minimum absolute atomic E-state index is 0.0400. The van der Waals surface area contributed by atoms with Gasteiger partial charge in [0.05, 0.1) is 14.2 Å². The van der Waals surface area contributed by atoms with E-state index in [1.165, 1.54) is 0 Å². The van der Waals surface area contributed by atoms with Crippen LogP contribution in [0.5, 0.6) is 11.5 Å². The van der Waals surface area contributed by atoms with Crippen molar-refractivity contribution in [3.05, 3.63) is 23.3 Å². The molecule has 1 heterocycles. The van der Waals surface area contributed by atoms with Crippen molar-refractivity contribution < 1.29 is 19.0 Å². The van der Waals surface area contributed by atoms with E-state index in [0.29, 0.717) is 23.7 Å². The Kier molecular flexibility index (Phi) is 4.43. The Morgan fingerprint density at radius 3 is 2.47 bits per heavy atom. The Labute approximate surface area is 113 Å². The number of hydrogen-bond donors (Lipinski definition) is 0. The minimum Gasteiger partial charge on any atom is -0.493 e. The van der Waals surface area contributed by atoms with E-state index in [-0.39, 0.29) is 11.9 Å². The van der Waals surface area contributed by atoms with Crippen molar-refractivity contribution in [3.8, 4) is 11.5 Å². The molecule has 1 aromatic carbocycles. The average Bonchev–Trinajstić information content (AvgIpc) is 2.47. The molecule has 19 heavy (non-hydrogen) atoms. The maximum atomic E-state index is 12.5. The number of hydrogen-bond acceptors (Lipinski definition) is 4. The lowest BCUT2D eigenvalue weighted by Gasteiger charge is -2.22. The zero-order valence-electron chi connectivity index (χ0n) is 11.7. The molecular weight excluding hydrogens is 244 g/mol. The lowest BCUT2D eigenvalue weighted by atomic mass is 9.96. The molecule has 4 heteroatoms. The van der Waals surface area contributed by atoms with Gasteiger partial charge in [-0.05, 0) is 43.9 Å². The maximum absolute atomic E-state index is 12.5.